The highest BCUT2D eigenvalue weighted by molar-refractivity contribution is 5.95. The van der Waals surface area contributed by atoms with Crippen molar-refractivity contribution in [1.29, 1.82) is 0 Å². The molecule has 0 aromatic heterocycles. The lowest BCUT2D eigenvalue weighted by Gasteiger charge is -2.36. The van der Waals surface area contributed by atoms with Gasteiger partial charge >= 0.3 is 0 Å². The molecule has 3 rings (SSSR count). The minimum atomic E-state index is -0.234. The standard InChI is InChI=1S/C17H22N8O2/c18-22-20-10-12-7-13(9-14(8-12)21-23-19)17(27)24-4-1-15(2-5-24)25-6-3-16(26)11-25/h7-9,15-16,26H,1-6,10-11H2. The highest BCUT2D eigenvalue weighted by Gasteiger charge is 2.31. The van der Waals surface area contributed by atoms with Gasteiger partial charge in [0.15, 0.2) is 0 Å². The lowest BCUT2D eigenvalue weighted by Crippen LogP contribution is -2.46. The summed E-state index contributed by atoms with van der Waals surface area (Å²) in [6.07, 6.45) is 2.34. The van der Waals surface area contributed by atoms with Crippen molar-refractivity contribution in [3.05, 3.63) is 50.2 Å². The number of carbonyl (C=O) groups is 1. The van der Waals surface area contributed by atoms with E-state index in [9.17, 15) is 9.90 Å². The number of amides is 1. The first-order valence-electron chi connectivity index (χ1n) is 9.02. The van der Waals surface area contributed by atoms with Crippen molar-refractivity contribution < 1.29 is 9.90 Å². The van der Waals surface area contributed by atoms with Gasteiger partial charge in [-0.05, 0) is 54.1 Å². The largest absolute Gasteiger partial charge is 0.392 e. The summed E-state index contributed by atoms with van der Waals surface area (Å²) in [5, 5.41) is 16.8. The Bertz CT molecular complexity index is 792. The van der Waals surface area contributed by atoms with E-state index in [4.69, 9.17) is 11.1 Å². The monoisotopic (exact) mass is 370 g/mol. The van der Waals surface area contributed by atoms with Crippen LogP contribution in [0, 0.1) is 0 Å². The number of carbonyl (C=O) groups excluding carboxylic acids is 1. The molecule has 1 N–H and O–H groups in total. The summed E-state index contributed by atoms with van der Waals surface area (Å²) in [7, 11) is 0. The average molecular weight is 370 g/mol. The van der Waals surface area contributed by atoms with Crippen LogP contribution in [0.1, 0.15) is 35.2 Å². The van der Waals surface area contributed by atoms with Crippen LogP contribution in [0.25, 0.3) is 20.9 Å². The van der Waals surface area contributed by atoms with Crippen LogP contribution < -0.4 is 0 Å². The van der Waals surface area contributed by atoms with Gasteiger partial charge in [0.25, 0.3) is 5.91 Å². The molecule has 10 heteroatoms. The second-order valence-electron chi connectivity index (χ2n) is 6.93. The normalized spacial score (nSPS) is 20.8. The van der Waals surface area contributed by atoms with Gasteiger partial charge in [0.05, 0.1) is 12.6 Å². The molecular weight excluding hydrogens is 348 g/mol. The Morgan fingerprint density at radius 3 is 2.56 bits per heavy atom. The van der Waals surface area contributed by atoms with E-state index in [1.165, 1.54) is 0 Å². The molecule has 1 aromatic carbocycles. The predicted molar refractivity (Wildman–Crippen MR) is 99.2 cm³/mol. The van der Waals surface area contributed by atoms with Crippen molar-refractivity contribution in [2.24, 2.45) is 10.2 Å². The van der Waals surface area contributed by atoms with Crippen molar-refractivity contribution in [2.45, 2.75) is 38.0 Å². The highest BCUT2D eigenvalue weighted by Crippen LogP contribution is 2.24. The van der Waals surface area contributed by atoms with Crippen LogP contribution >= 0.6 is 0 Å². The van der Waals surface area contributed by atoms with Crippen LogP contribution in [0.4, 0.5) is 5.69 Å². The zero-order valence-electron chi connectivity index (χ0n) is 15.0. The number of aliphatic hydroxyl groups is 1. The predicted octanol–water partition coefficient (Wildman–Crippen LogP) is 3.11. The number of nitrogens with zero attached hydrogens (tertiary/aromatic N) is 8. The molecular formula is C17H22N8O2. The Morgan fingerprint density at radius 1 is 1.15 bits per heavy atom. The van der Waals surface area contributed by atoms with Crippen molar-refractivity contribution in [2.75, 3.05) is 26.2 Å². The topological polar surface area (TPSA) is 141 Å². The molecule has 2 saturated heterocycles. The number of hydrogen-bond donors (Lipinski definition) is 1. The fourth-order valence-electron chi connectivity index (χ4n) is 3.83. The summed E-state index contributed by atoms with van der Waals surface area (Å²) in [6.45, 7) is 3.01. The Morgan fingerprint density at radius 2 is 1.93 bits per heavy atom. The van der Waals surface area contributed by atoms with Gasteiger partial charge < -0.3 is 10.0 Å². The molecule has 1 amide bonds. The van der Waals surface area contributed by atoms with Crippen molar-refractivity contribution >= 4 is 11.6 Å². The van der Waals surface area contributed by atoms with Crippen LogP contribution in [0.3, 0.4) is 0 Å². The number of piperidine rings is 1. The van der Waals surface area contributed by atoms with Gasteiger partial charge in [-0.1, -0.05) is 10.2 Å². The fraction of sp³-hybridized carbons (Fsp3) is 0.588. The van der Waals surface area contributed by atoms with E-state index in [0.29, 0.717) is 35.9 Å². The van der Waals surface area contributed by atoms with E-state index in [1.54, 1.807) is 23.1 Å². The summed E-state index contributed by atoms with van der Waals surface area (Å²) < 4.78 is 0. The lowest BCUT2D eigenvalue weighted by atomic mass is 10.0. The van der Waals surface area contributed by atoms with Crippen molar-refractivity contribution in [3.8, 4) is 0 Å². The van der Waals surface area contributed by atoms with Crippen LogP contribution in [0.2, 0.25) is 0 Å². The maximum atomic E-state index is 12.9. The van der Waals surface area contributed by atoms with Crippen LogP contribution in [0.5, 0.6) is 0 Å². The first-order chi connectivity index (χ1) is 13.1. The molecule has 2 heterocycles. The number of β-amino-alcohol motifs (C(OH)–C–C–N with tert-alkyl or cyclic N) is 1. The summed E-state index contributed by atoms with van der Waals surface area (Å²) in [6, 6.07) is 5.25. The van der Waals surface area contributed by atoms with Gasteiger partial charge in [0.2, 0.25) is 0 Å². The number of likely N-dealkylation sites (tertiary alicyclic amines) is 2. The van der Waals surface area contributed by atoms with E-state index >= 15 is 0 Å². The molecule has 27 heavy (non-hydrogen) atoms. The quantitative estimate of drug-likeness (QED) is 0.483. The molecule has 142 valence electrons. The minimum Gasteiger partial charge on any atom is -0.392 e. The van der Waals surface area contributed by atoms with Gasteiger partial charge in [-0.25, -0.2) is 0 Å². The Hall–Kier alpha value is -2.77. The highest BCUT2D eigenvalue weighted by atomic mass is 16.3. The minimum absolute atomic E-state index is 0.0882. The second-order valence-corrected chi connectivity index (χ2v) is 6.93. The molecule has 2 fully saturated rings. The van der Waals surface area contributed by atoms with Crippen LogP contribution in [0.15, 0.2) is 28.4 Å². The Labute approximate surface area is 156 Å². The first-order valence-corrected chi connectivity index (χ1v) is 9.02. The van der Waals surface area contributed by atoms with Gasteiger partial charge in [-0.2, -0.15) is 0 Å². The number of aliphatic hydroxyl groups excluding tert-OH is 1. The molecule has 0 saturated carbocycles. The Kier molecular flexibility index (Phi) is 6.16. The van der Waals surface area contributed by atoms with Gasteiger partial charge in [0, 0.05) is 53.3 Å². The number of rotatable bonds is 5. The van der Waals surface area contributed by atoms with E-state index in [0.717, 1.165) is 32.4 Å². The van der Waals surface area contributed by atoms with Crippen LogP contribution in [-0.2, 0) is 6.54 Å². The molecule has 1 unspecified atom stereocenters. The molecule has 2 aliphatic rings. The Balaban J connectivity index is 1.69. The zero-order valence-corrected chi connectivity index (χ0v) is 15.0. The molecule has 2 aliphatic heterocycles. The SMILES string of the molecule is [N-]=[N+]=NCc1cc(N=[N+]=[N-])cc(C(=O)N2CCC(N3CCC(O)C3)CC2)c1. The van der Waals surface area contributed by atoms with Gasteiger partial charge in [0.1, 0.15) is 0 Å². The molecule has 0 bridgehead atoms. The fourth-order valence-corrected chi connectivity index (χ4v) is 3.83. The molecule has 10 nitrogen and oxygen atoms in total. The third-order valence-electron chi connectivity index (χ3n) is 5.16. The van der Waals surface area contributed by atoms with Gasteiger partial charge in [-0.15, -0.1) is 0 Å². The molecule has 1 aromatic rings. The summed E-state index contributed by atoms with van der Waals surface area (Å²) in [4.78, 5) is 22.5. The number of hydrogen-bond acceptors (Lipinski definition) is 5. The summed E-state index contributed by atoms with van der Waals surface area (Å²) in [5.41, 5.74) is 18.6. The summed E-state index contributed by atoms with van der Waals surface area (Å²) in [5.74, 6) is -0.118. The van der Waals surface area contributed by atoms with Crippen molar-refractivity contribution in [3.63, 3.8) is 0 Å². The van der Waals surface area contributed by atoms with E-state index in [1.807, 2.05) is 0 Å². The first kappa shape index (κ1) is 19.0. The smallest absolute Gasteiger partial charge is 0.253 e. The number of benzene rings is 1. The van der Waals surface area contributed by atoms with Gasteiger partial charge in [-0.3, -0.25) is 9.69 Å². The summed E-state index contributed by atoms with van der Waals surface area (Å²) >= 11 is 0. The second kappa shape index (κ2) is 8.75. The molecule has 1 atom stereocenters. The van der Waals surface area contributed by atoms with Crippen LogP contribution in [-0.4, -0.2) is 59.1 Å². The maximum Gasteiger partial charge on any atom is 0.253 e. The van der Waals surface area contributed by atoms with Crippen molar-refractivity contribution in [1.82, 2.24) is 9.80 Å². The zero-order chi connectivity index (χ0) is 19.2. The van der Waals surface area contributed by atoms with E-state index in [2.05, 4.69) is 25.0 Å². The molecule has 0 aliphatic carbocycles. The third-order valence-corrected chi connectivity index (χ3v) is 5.16. The molecule has 0 radical (unpaired) electrons. The lowest BCUT2D eigenvalue weighted by molar-refractivity contribution is 0.0627. The average Bonchev–Trinajstić information content (AvgIpc) is 3.12. The molecule has 0 spiro atoms. The van der Waals surface area contributed by atoms with E-state index < -0.39 is 0 Å². The number of azide groups is 2. The maximum absolute atomic E-state index is 12.9. The third kappa shape index (κ3) is 4.69. The van der Waals surface area contributed by atoms with E-state index in [-0.39, 0.29) is 18.6 Å².